The van der Waals surface area contributed by atoms with E-state index in [1.165, 1.54) is 6.92 Å². The minimum Gasteiger partial charge on any atom is -0.480 e. The van der Waals surface area contributed by atoms with Crippen LogP contribution in [-0.2, 0) is 4.79 Å². The topological polar surface area (TPSA) is 125 Å². The van der Waals surface area contributed by atoms with E-state index in [9.17, 15) is 14.4 Å². The molecule has 2 rings (SSSR count). The molecule has 0 saturated heterocycles. The van der Waals surface area contributed by atoms with Gasteiger partial charge in [-0.05, 0) is 6.92 Å². The number of H-pyrrole nitrogens is 1. The Morgan fingerprint density at radius 3 is 2.94 bits per heavy atom. The van der Waals surface area contributed by atoms with Crippen LogP contribution in [0.2, 0.25) is 0 Å². The van der Waals surface area contributed by atoms with Gasteiger partial charge in [0.1, 0.15) is 17.7 Å². The zero-order valence-corrected chi connectivity index (χ0v) is 9.31. The number of rotatable bonds is 3. The lowest BCUT2D eigenvalue weighted by Crippen LogP contribution is -2.30. The Balaban J connectivity index is 2.50. The van der Waals surface area contributed by atoms with Gasteiger partial charge in [0.05, 0.1) is 11.9 Å². The summed E-state index contributed by atoms with van der Waals surface area (Å²) in [4.78, 5) is 39.9. The van der Waals surface area contributed by atoms with Crippen molar-refractivity contribution in [3.05, 3.63) is 28.0 Å². The zero-order chi connectivity index (χ0) is 13.3. The van der Waals surface area contributed by atoms with E-state index in [4.69, 9.17) is 9.52 Å². The molecule has 2 aromatic rings. The van der Waals surface area contributed by atoms with E-state index in [0.717, 1.165) is 6.33 Å². The first kappa shape index (κ1) is 11.8. The number of hydrogen-bond donors (Lipinski definition) is 3. The van der Waals surface area contributed by atoms with Crippen molar-refractivity contribution in [3.8, 4) is 0 Å². The Morgan fingerprint density at radius 2 is 2.28 bits per heavy atom. The van der Waals surface area contributed by atoms with Crippen LogP contribution < -0.4 is 10.9 Å². The maximum atomic E-state index is 11.8. The number of aromatic amines is 1. The molecule has 8 nitrogen and oxygen atoms in total. The molecule has 0 bridgehead atoms. The summed E-state index contributed by atoms with van der Waals surface area (Å²) >= 11 is 0. The van der Waals surface area contributed by atoms with Crippen molar-refractivity contribution in [2.24, 2.45) is 0 Å². The summed E-state index contributed by atoms with van der Waals surface area (Å²) in [7, 11) is 0. The van der Waals surface area contributed by atoms with E-state index >= 15 is 0 Å². The number of carbonyl (C=O) groups is 2. The quantitative estimate of drug-likeness (QED) is 0.683. The first-order valence-corrected chi connectivity index (χ1v) is 4.97. The van der Waals surface area contributed by atoms with Gasteiger partial charge in [-0.25, -0.2) is 4.98 Å². The van der Waals surface area contributed by atoms with Gasteiger partial charge < -0.3 is 19.8 Å². The molecule has 0 unspecified atom stereocenters. The number of hydrogen-bond acceptors (Lipinski definition) is 5. The Labute approximate surface area is 99.6 Å². The molecule has 0 spiro atoms. The molecular formula is C10H9N3O5. The molecule has 0 radical (unpaired) electrons. The molecule has 0 fully saturated rings. The highest BCUT2D eigenvalue weighted by Gasteiger charge is 2.21. The minimum absolute atomic E-state index is 0.000556. The molecule has 0 saturated carbocycles. The Bertz CT molecular complexity index is 684. The maximum Gasteiger partial charge on any atom is 0.322 e. The van der Waals surface area contributed by atoms with Gasteiger partial charge in [0.15, 0.2) is 0 Å². The van der Waals surface area contributed by atoms with Crippen LogP contribution in [0.5, 0.6) is 0 Å². The van der Waals surface area contributed by atoms with Crippen molar-refractivity contribution in [1.29, 1.82) is 0 Å². The largest absolute Gasteiger partial charge is 0.480 e. The number of aryl methyl sites for hydroxylation is 1. The average Bonchev–Trinajstić information content (AvgIpc) is 2.63. The van der Waals surface area contributed by atoms with Gasteiger partial charge in [-0.2, -0.15) is 0 Å². The van der Waals surface area contributed by atoms with Gasteiger partial charge in [0.25, 0.3) is 11.5 Å². The van der Waals surface area contributed by atoms with E-state index in [1.807, 2.05) is 0 Å². The van der Waals surface area contributed by atoms with Crippen LogP contribution in [0.25, 0.3) is 11.1 Å². The van der Waals surface area contributed by atoms with Gasteiger partial charge in [-0.1, -0.05) is 0 Å². The minimum atomic E-state index is -1.18. The second-order valence-corrected chi connectivity index (χ2v) is 3.52. The monoisotopic (exact) mass is 251 g/mol. The molecular weight excluding hydrogens is 242 g/mol. The summed E-state index contributed by atoms with van der Waals surface area (Å²) in [6, 6.07) is 0. The molecule has 0 atom stereocenters. The highest BCUT2D eigenvalue weighted by molar-refractivity contribution is 6.06. The third-order valence-corrected chi connectivity index (χ3v) is 2.30. The molecule has 94 valence electrons. The normalized spacial score (nSPS) is 10.5. The number of carboxylic acid groups (broad SMARTS) is 1. The van der Waals surface area contributed by atoms with Crippen LogP contribution in [0.1, 0.15) is 16.1 Å². The number of carbonyl (C=O) groups excluding carboxylic acids is 1. The number of nitrogens with one attached hydrogen (secondary N) is 2. The van der Waals surface area contributed by atoms with Gasteiger partial charge in [0.2, 0.25) is 5.71 Å². The summed E-state index contributed by atoms with van der Waals surface area (Å²) in [5, 5.41) is 10.7. The van der Waals surface area contributed by atoms with Crippen molar-refractivity contribution in [2.75, 3.05) is 6.54 Å². The number of aromatic nitrogens is 2. The highest BCUT2D eigenvalue weighted by Crippen LogP contribution is 2.19. The molecule has 0 aliphatic heterocycles. The van der Waals surface area contributed by atoms with Crippen molar-refractivity contribution >= 4 is 23.0 Å². The van der Waals surface area contributed by atoms with E-state index < -0.39 is 24.0 Å². The molecule has 1 amide bonds. The van der Waals surface area contributed by atoms with Crippen molar-refractivity contribution in [2.45, 2.75) is 6.92 Å². The Kier molecular flexibility index (Phi) is 2.84. The van der Waals surface area contributed by atoms with Crippen LogP contribution in [-0.4, -0.2) is 33.5 Å². The van der Waals surface area contributed by atoms with Crippen LogP contribution in [0, 0.1) is 6.92 Å². The standard InChI is InChI=1S/C10H9N3O5/c1-4-6(8(16)11-2-5(14)15)7-9(17)12-3-13-10(7)18-4/h3H,2H2,1H3,(H,11,16)(H,14,15)(H,12,13,17). The van der Waals surface area contributed by atoms with Crippen molar-refractivity contribution < 1.29 is 19.1 Å². The van der Waals surface area contributed by atoms with Gasteiger partial charge in [-0.3, -0.25) is 14.4 Å². The maximum absolute atomic E-state index is 11.8. The first-order valence-electron chi connectivity index (χ1n) is 4.97. The van der Waals surface area contributed by atoms with Gasteiger partial charge in [0, 0.05) is 0 Å². The van der Waals surface area contributed by atoms with E-state index in [-0.39, 0.29) is 22.4 Å². The molecule has 18 heavy (non-hydrogen) atoms. The predicted molar refractivity (Wildman–Crippen MR) is 59.3 cm³/mol. The van der Waals surface area contributed by atoms with Crippen molar-refractivity contribution in [3.63, 3.8) is 0 Å². The molecule has 2 aromatic heterocycles. The molecule has 8 heteroatoms. The van der Waals surface area contributed by atoms with Crippen LogP contribution in [0.15, 0.2) is 15.5 Å². The summed E-state index contributed by atoms with van der Waals surface area (Å²) in [6.45, 7) is 0.958. The third kappa shape index (κ3) is 1.95. The third-order valence-electron chi connectivity index (χ3n) is 2.30. The van der Waals surface area contributed by atoms with Gasteiger partial charge in [-0.15, -0.1) is 0 Å². The highest BCUT2D eigenvalue weighted by atomic mass is 16.4. The van der Waals surface area contributed by atoms with E-state index in [1.54, 1.807) is 0 Å². The van der Waals surface area contributed by atoms with Crippen molar-refractivity contribution in [1.82, 2.24) is 15.3 Å². The van der Waals surface area contributed by atoms with E-state index in [0.29, 0.717) is 0 Å². The smallest absolute Gasteiger partial charge is 0.322 e. The number of fused-ring (bicyclic) bond motifs is 1. The van der Waals surface area contributed by atoms with E-state index in [2.05, 4.69) is 15.3 Å². The number of carboxylic acids is 1. The van der Waals surface area contributed by atoms with Gasteiger partial charge >= 0.3 is 5.97 Å². The Morgan fingerprint density at radius 1 is 1.56 bits per heavy atom. The lowest BCUT2D eigenvalue weighted by Gasteiger charge is -2.00. The number of furan rings is 1. The summed E-state index contributed by atoms with van der Waals surface area (Å²) in [5.41, 5.74) is -0.477. The van der Waals surface area contributed by atoms with Crippen LogP contribution >= 0.6 is 0 Å². The lowest BCUT2D eigenvalue weighted by molar-refractivity contribution is -0.135. The molecule has 3 N–H and O–H groups in total. The van der Waals surface area contributed by atoms with Crippen LogP contribution in [0.3, 0.4) is 0 Å². The Hall–Kier alpha value is -2.64. The summed E-state index contributed by atoms with van der Waals surface area (Å²) in [5.74, 6) is -1.66. The molecule has 0 aliphatic carbocycles. The first-order chi connectivity index (χ1) is 8.50. The average molecular weight is 251 g/mol. The second-order valence-electron chi connectivity index (χ2n) is 3.52. The summed E-state index contributed by atoms with van der Waals surface area (Å²) < 4.78 is 5.17. The predicted octanol–water partition coefficient (Wildman–Crippen LogP) is -0.361. The van der Waals surface area contributed by atoms with Crippen LogP contribution in [0.4, 0.5) is 0 Å². The number of aliphatic carboxylic acids is 1. The second kappa shape index (κ2) is 4.32. The summed E-state index contributed by atoms with van der Waals surface area (Å²) in [6.07, 6.45) is 1.16. The fourth-order valence-corrected chi connectivity index (χ4v) is 1.57. The zero-order valence-electron chi connectivity index (χ0n) is 9.31. The number of nitrogens with zero attached hydrogens (tertiary/aromatic N) is 1. The number of amides is 1. The lowest BCUT2D eigenvalue weighted by atomic mass is 10.2. The molecule has 0 aliphatic rings. The molecule has 2 heterocycles. The fourth-order valence-electron chi connectivity index (χ4n) is 1.57. The SMILES string of the molecule is Cc1oc2nc[nH]c(=O)c2c1C(=O)NCC(=O)O. The molecule has 0 aromatic carbocycles. The fraction of sp³-hybridized carbons (Fsp3) is 0.200.